The summed E-state index contributed by atoms with van der Waals surface area (Å²) in [6.45, 7) is 0.508. The van der Waals surface area contributed by atoms with Crippen LogP contribution in [0.3, 0.4) is 0 Å². The normalized spacial score (nSPS) is 18.5. The van der Waals surface area contributed by atoms with Crippen molar-refractivity contribution in [2.75, 3.05) is 13.1 Å². The Labute approximate surface area is 124 Å². The lowest BCUT2D eigenvalue weighted by Crippen LogP contribution is -2.32. The second-order valence-electron chi connectivity index (χ2n) is 5.19. The lowest BCUT2D eigenvalue weighted by Gasteiger charge is -2.19. The number of likely N-dealkylation sites (tertiary alicyclic amines) is 1. The van der Waals surface area contributed by atoms with Crippen LogP contribution in [0.1, 0.15) is 29.6 Å². The van der Waals surface area contributed by atoms with Crippen molar-refractivity contribution in [3.8, 4) is 10.4 Å². The fourth-order valence-corrected chi connectivity index (χ4v) is 3.30. The summed E-state index contributed by atoms with van der Waals surface area (Å²) < 4.78 is 26.7. The number of rotatable bonds is 2. The highest BCUT2D eigenvalue weighted by Gasteiger charge is 2.33. The van der Waals surface area contributed by atoms with E-state index in [2.05, 4.69) is 10.2 Å². The molecule has 1 fully saturated rings. The molecule has 3 rings (SSSR count). The molecule has 0 aromatic carbocycles. The molecule has 1 N–H and O–H groups in total. The highest BCUT2D eigenvalue weighted by molar-refractivity contribution is 7.13. The lowest BCUT2D eigenvalue weighted by molar-refractivity contribution is -0.0125. The van der Waals surface area contributed by atoms with Crippen molar-refractivity contribution < 1.29 is 13.6 Å². The van der Waals surface area contributed by atoms with Crippen LogP contribution in [0.2, 0.25) is 0 Å². The Kier molecular flexibility index (Phi) is 3.75. The van der Waals surface area contributed by atoms with E-state index in [9.17, 15) is 13.6 Å². The number of aromatic amines is 1. The third-order valence-corrected chi connectivity index (χ3v) is 4.61. The van der Waals surface area contributed by atoms with Gasteiger partial charge in [0.25, 0.3) is 5.91 Å². The zero-order chi connectivity index (χ0) is 14.9. The van der Waals surface area contributed by atoms with Crippen molar-refractivity contribution in [2.24, 2.45) is 0 Å². The van der Waals surface area contributed by atoms with E-state index in [1.807, 2.05) is 0 Å². The van der Waals surface area contributed by atoms with Crippen LogP contribution in [0, 0.1) is 0 Å². The summed E-state index contributed by atoms with van der Waals surface area (Å²) in [5, 5.41) is 8.37. The maximum atomic E-state index is 13.3. The molecule has 0 atom stereocenters. The van der Waals surface area contributed by atoms with Gasteiger partial charge >= 0.3 is 0 Å². The summed E-state index contributed by atoms with van der Waals surface area (Å²) >= 11 is 1.45. The molecule has 1 aliphatic rings. The van der Waals surface area contributed by atoms with Gasteiger partial charge in [-0.2, -0.15) is 5.10 Å². The van der Waals surface area contributed by atoms with Crippen LogP contribution in [0.4, 0.5) is 8.78 Å². The van der Waals surface area contributed by atoms with Crippen LogP contribution >= 0.6 is 11.3 Å². The van der Waals surface area contributed by atoms with Gasteiger partial charge in [0.05, 0.1) is 11.8 Å². The zero-order valence-corrected chi connectivity index (χ0v) is 12.1. The van der Waals surface area contributed by atoms with Gasteiger partial charge in [0, 0.05) is 47.9 Å². The van der Waals surface area contributed by atoms with Gasteiger partial charge in [0.1, 0.15) is 0 Å². The fraction of sp³-hybridized carbons (Fsp3) is 0.429. The largest absolute Gasteiger partial charge is 0.338 e. The average Bonchev–Trinajstić information content (AvgIpc) is 3.08. The van der Waals surface area contributed by atoms with Crippen LogP contribution in [0.15, 0.2) is 23.8 Å². The Balaban J connectivity index is 1.73. The third kappa shape index (κ3) is 3.12. The van der Waals surface area contributed by atoms with Crippen molar-refractivity contribution in [3.63, 3.8) is 0 Å². The van der Waals surface area contributed by atoms with Crippen LogP contribution in [-0.2, 0) is 0 Å². The second-order valence-corrected chi connectivity index (χ2v) is 6.10. The molecular formula is C14H15F2N3OS. The monoisotopic (exact) mass is 311 g/mol. The maximum Gasteiger partial charge on any atom is 0.254 e. The van der Waals surface area contributed by atoms with Crippen molar-refractivity contribution >= 4 is 17.2 Å². The van der Waals surface area contributed by atoms with Gasteiger partial charge in [-0.15, -0.1) is 11.3 Å². The van der Waals surface area contributed by atoms with Gasteiger partial charge in [-0.1, -0.05) is 0 Å². The second kappa shape index (κ2) is 5.55. The van der Waals surface area contributed by atoms with Gasteiger partial charge in [-0.25, -0.2) is 8.78 Å². The van der Waals surface area contributed by atoms with Gasteiger partial charge in [-0.05, 0) is 12.5 Å². The summed E-state index contributed by atoms with van der Waals surface area (Å²) in [6.07, 6.45) is 3.40. The van der Waals surface area contributed by atoms with E-state index in [0.717, 1.165) is 10.4 Å². The van der Waals surface area contributed by atoms with Gasteiger partial charge in [0.2, 0.25) is 5.92 Å². The lowest BCUT2D eigenvalue weighted by atomic mass is 10.1. The molecule has 0 aliphatic carbocycles. The van der Waals surface area contributed by atoms with Crippen molar-refractivity contribution in [3.05, 3.63) is 29.4 Å². The Hall–Kier alpha value is -1.76. The van der Waals surface area contributed by atoms with Crippen LogP contribution in [0.5, 0.6) is 0 Å². The third-order valence-electron chi connectivity index (χ3n) is 3.63. The number of halogens is 2. The number of amides is 1. The van der Waals surface area contributed by atoms with E-state index in [4.69, 9.17) is 0 Å². The first-order chi connectivity index (χ1) is 10.1. The minimum absolute atomic E-state index is 0.114. The fourth-order valence-electron chi connectivity index (χ4n) is 2.43. The van der Waals surface area contributed by atoms with Crippen molar-refractivity contribution in [1.29, 1.82) is 0 Å². The Bertz CT molecular complexity index is 624. The number of H-pyrrole nitrogens is 1. The summed E-state index contributed by atoms with van der Waals surface area (Å²) in [5.41, 5.74) is 1.47. The first-order valence-electron chi connectivity index (χ1n) is 6.80. The first-order valence-corrected chi connectivity index (χ1v) is 7.68. The zero-order valence-electron chi connectivity index (χ0n) is 11.3. The molecule has 3 heterocycles. The average molecular weight is 311 g/mol. The number of nitrogens with one attached hydrogen (secondary N) is 1. The molecule has 0 spiro atoms. The predicted octanol–water partition coefficient (Wildman–Crippen LogP) is 3.40. The minimum atomic E-state index is -2.65. The van der Waals surface area contributed by atoms with Gasteiger partial charge in [0.15, 0.2) is 0 Å². The summed E-state index contributed by atoms with van der Waals surface area (Å²) in [5.74, 6) is -2.82. The molecule has 0 bridgehead atoms. The van der Waals surface area contributed by atoms with Crippen molar-refractivity contribution in [1.82, 2.24) is 15.1 Å². The summed E-state index contributed by atoms with van der Waals surface area (Å²) in [4.78, 5) is 14.9. The first kappa shape index (κ1) is 14.2. The predicted molar refractivity (Wildman–Crippen MR) is 76.6 cm³/mol. The minimum Gasteiger partial charge on any atom is -0.338 e. The van der Waals surface area contributed by atoms with E-state index in [-0.39, 0.29) is 25.3 Å². The Morgan fingerprint density at radius 2 is 2.24 bits per heavy atom. The van der Waals surface area contributed by atoms with Crippen molar-refractivity contribution in [2.45, 2.75) is 25.2 Å². The number of hydrogen-bond acceptors (Lipinski definition) is 3. The quantitative estimate of drug-likeness (QED) is 0.924. The Morgan fingerprint density at radius 1 is 1.38 bits per heavy atom. The molecule has 0 radical (unpaired) electrons. The topological polar surface area (TPSA) is 49.0 Å². The van der Waals surface area contributed by atoms with E-state index >= 15 is 0 Å². The number of nitrogens with zero attached hydrogens (tertiary/aromatic N) is 2. The van der Waals surface area contributed by atoms with Crippen LogP contribution in [0.25, 0.3) is 10.4 Å². The smallest absolute Gasteiger partial charge is 0.254 e. The summed E-state index contributed by atoms with van der Waals surface area (Å²) in [6, 6.07) is 1.79. The molecule has 0 saturated carbocycles. The highest BCUT2D eigenvalue weighted by Crippen LogP contribution is 2.30. The molecule has 112 valence electrons. The number of thiophene rings is 1. The molecule has 2 aromatic heterocycles. The van der Waals surface area contributed by atoms with E-state index < -0.39 is 5.92 Å². The van der Waals surface area contributed by atoms with Crippen LogP contribution in [-0.4, -0.2) is 40.0 Å². The molecule has 1 saturated heterocycles. The molecule has 2 aromatic rings. The highest BCUT2D eigenvalue weighted by atomic mass is 32.1. The Morgan fingerprint density at radius 3 is 3.00 bits per heavy atom. The summed E-state index contributed by atoms with van der Waals surface area (Å²) in [7, 11) is 0. The molecule has 4 nitrogen and oxygen atoms in total. The molecule has 21 heavy (non-hydrogen) atoms. The van der Waals surface area contributed by atoms with Crippen LogP contribution < -0.4 is 0 Å². The van der Waals surface area contributed by atoms with E-state index in [1.54, 1.807) is 23.8 Å². The SMILES string of the molecule is O=C(c1csc(-c2cn[nH]c2)c1)N1CCCC(F)(F)CC1. The van der Waals surface area contributed by atoms with Gasteiger partial charge < -0.3 is 4.90 Å². The van der Waals surface area contributed by atoms with E-state index in [0.29, 0.717) is 18.5 Å². The van der Waals surface area contributed by atoms with E-state index in [1.165, 1.54) is 16.2 Å². The molecule has 1 aliphatic heterocycles. The molecular weight excluding hydrogens is 296 g/mol. The number of carbonyl (C=O) groups excluding carboxylic acids is 1. The number of alkyl halides is 2. The number of aromatic nitrogens is 2. The number of hydrogen-bond donors (Lipinski definition) is 1. The van der Waals surface area contributed by atoms with Gasteiger partial charge in [-0.3, -0.25) is 9.89 Å². The molecule has 7 heteroatoms. The standard InChI is InChI=1S/C14H15F2N3OS/c15-14(16)2-1-4-19(5-3-14)13(20)10-6-12(21-9-10)11-7-17-18-8-11/h6-9H,1-5H2,(H,17,18). The molecule has 1 amide bonds. The number of carbonyl (C=O) groups is 1. The molecule has 0 unspecified atom stereocenters. The maximum absolute atomic E-state index is 13.3.